The number of carbonyl (C=O) groups is 2. The van der Waals surface area contributed by atoms with Crippen LogP contribution in [-0.4, -0.2) is 18.9 Å². The van der Waals surface area contributed by atoms with E-state index in [1.807, 2.05) is 0 Å². The van der Waals surface area contributed by atoms with E-state index >= 15 is 0 Å². The first kappa shape index (κ1) is 15.9. The van der Waals surface area contributed by atoms with E-state index in [1.165, 1.54) is 35.3 Å². The molecule has 1 aromatic rings. The maximum absolute atomic E-state index is 13.2. The number of rotatable bonds is 2. The number of ether oxygens (including phenoxy) is 1. The SMILES string of the molecule is COc1ccc(N2C(=O)[C@@H]3[C@@H](C2=O)[C@H]2C=C[C@H]3C2=C2CCCCC2)cc1. The largest absolute Gasteiger partial charge is 0.497 e. The van der Waals surface area contributed by atoms with Crippen molar-refractivity contribution in [1.82, 2.24) is 0 Å². The molecule has 0 radical (unpaired) electrons. The molecule has 4 aliphatic rings. The Hall–Kier alpha value is -2.36. The van der Waals surface area contributed by atoms with Crippen LogP contribution < -0.4 is 9.64 Å². The lowest BCUT2D eigenvalue weighted by atomic mass is 9.85. The van der Waals surface area contributed by atoms with Crippen LogP contribution >= 0.6 is 0 Å². The molecule has 5 rings (SSSR count). The Balaban J connectivity index is 1.49. The number of nitrogens with zero attached hydrogens (tertiary/aromatic N) is 1. The van der Waals surface area contributed by atoms with E-state index in [0.29, 0.717) is 5.69 Å². The average Bonchev–Trinajstić information content (AvgIpc) is 3.32. The number of allylic oxidation sites excluding steroid dienone is 4. The van der Waals surface area contributed by atoms with Crippen LogP contribution in [0, 0.1) is 23.7 Å². The Labute approximate surface area is 153 Å². The van der Waals surface area contributed by atoms with Gasteiger partial charge in [0.15, 0.2) is 0 Å². The topological polar surface area (TPSA) is 46.6 Å². The Morgan fingerprint density at radius 2 is 1.46 bits per heavy atom. The summed E-state index contributed by atoms with van der Waals surface area (Å²) in [4.78, 5) is 27.8. The Morgan fingerprint density at radius 1 is 0.885 bits per heavy atom. The van der Waals surface area contributed by atoms with Crippen LogP contribution in [-0.2, 0) is 9.59 Å². The fraction of sp³-hybridized carbons (Fsp3) is 0.455. The Morgan fingerprint density at radius 3 is 2.00 bits per heavy atom. The molecule has 134 valence electrons. The molecule has 0 aromatic heterocycles. The molecular formula is C22H23NO3. The van der Waals surface area contributed by atoms with Gasteiger partial charge in [-0.05, 0) is 49.9 Å². The number of methoxy groups -OCH3 is 1. The molecule has 2 saturated carbocycles. The third-order valence-electron chi connectivity index (χ3n) is 6.61. The molecule has 26 heavy (non-hydrogen) atoms. The van der Waals surface area contributed by atoms with Crippen LogP contribution in [0.2, 0.25) is 0 Å². The molecule has 4 heteroatoms. The standard InChI is InChI=1S/C22H23NO3/c1-26-15-9-7-14(8-10-15)23-21(24)19-16-11-12-17(20(19)22(23)25)18(16)13-5-3-2-4-6-13/h7-12,16-17,19-20H,2-6H2,1H3/t16-,17-,19-,20-/m0/s1. The molecule has 0 spiro atoms. The zero-order chi connectivity index (χ0) is 17.8. The molecule has 4 atom stereocenters. The summed E-state index contributed by atoms with van der Waals surface area (Å²) in [6.07, 6.45) is 10.5. The fourth-order valence-electron chi connectivity index (χ4n) is 5.49. The van der Waals surface area contributed by atoms with Crippen LogP contribution in [0.15, 0.2) is 47.6 Å². The molecule has 1 aromatic carbocycles. The summed E-state index contributed by atoms with van der Waals surface area (Å²) in [7, 11) is 1.61. The second-order valence-corrected chi connectivity index (χ2v) is 7.82. The lowest BCUT2D eigenvalue weighted by Crippen LogP contribution is -2.33. The summed E-state index contributed by atoms with van der Waals surface area (Å²) >= 11 is 0. The van der Waals surface area contributed by atoms with Gasteiger partial charge in [-0.3, -0.25) is 9.59 Å². The van der Waals surface area contributed by atoms with Crippen LogP contribution in [0.5, 0.6) is 5.75 Å². The normalized spacial score (nSPS) is 32.6. The maximum atomic E-state index is 13.2. The maximum Gasteiger partial charge on any atom is 0.238 e. The van der Waals surface area contributed by atoms with Crippen molar-refractivity contribution >= 4 is 17.5 Å². The minimum Gasteiger partial charge on any atom is -0.497 e. The first-order valence-electron chi connectivity index (χ1n) is 9.62. The second-order valence-electron chi connectivity index (χ2n) is 7.82. The number of hydrogen-bond donors (Lipinski definition) is 0. The summed E-state index contributed by atoms with van der Waals surface area (Å²) in [6, 6.07) is 7.19. The molecule has 4 nitrogen and oxygen atoms in total. The minimum atomic E-state index is -0.205. The predicted octanol–water partition coefficient (Wildman–Crippen LogP) is 3.88. The van der Waals surface area contributed by atoms with Gasteiger partial charge in [0.25, 0.3) is 0 Å². The number of benzene rings is 1. The summed E-state index contributed by atoms with van der Waals surface area (Å²) in [6.45, 7) is 0. The first-order chi connectivity index (χ1) is 12.7. The van der Waals surface area contributed by atoms with Crippen LogP contribution in [0.1, 0.15) is 32.1 Å². The van der Waals surface area contributed by atoms with Crippen LogP contribution in [0.25, 0.3) is 0 Å². The van der Waals surface area contributed by atoms with E-state index < -0.39 is 0 Å². The lowest BCUT2D eigenvalue weighted by Gasteiger charge is -2.23. The van der Waals surface area contributed by atoms with Crippen LogP contribution in [0.4, 0.5) is 5.69 Å². The highest BCUT2D eigenvalue weighted by atomic mass is 16.5. The van der Waals surface area contributed by atoms with Crippen molar-refractivity contribution < 1.29 is 14.3 Å². The number of fused-ring (bicyclic) bond motifs is 5. The number of anilines is 1. The van der Waals surface area contributed by atoms with E-state index in [0.717, 1.165) is 18.6 Å². The summed E-state index contributed by atoms with van der Waals surface area (Å²) in [5, 5.41) is 0. The molecule has 3 fully saturated rings. The van der Waals surface area contributed by atoms with E-state index in [4.69, 9.17) is 4.74 Å². The molecular weight excluding hydrogens is 326 g/mol. The summed E-state index contributed by atoms with van der Waals surface area (Å²) in [5.74, 6) is 0.523. The van der Waals surface area contributed by atoms with E-state index in [-0.39, 0.29) is 35.5 Å². The van der Waals surface area contributed by atoms with Crippen molar-refractivity contribution in [3.8, 4) is 5.75 Å². The minimum absolute atomic E-state index is 0.0315. The van der Waals surface area contributed by atoms with Gasteiger partial charge in [-0.25, -0.2) is 4.90 Å². The van der Waals surface area contributed by atoms with E-state index in [9.17, 15) is 9.59 Å². The lowest BCUT2D eigenvalue weighted by molar-refractivity contribution is -0.122. The van der Waals surface area contributed by atoms with Gasteiger partial charge in [-0.15, -0.1) is 0 Å². The zero-order valence-corrected chi connectivity index (χ0v) is 15.0. The third-order valence-corrected chi connectivity index (χ3v) is 6.61. The zero-order valence-electron chi connectivity index (χ0n) is 15.0. The average molecular weight is 349 g/mol. The molecule has 2 bridgehead atoms. The number of amides is 2. The van der Waals surface area contributed by atoms with Gasteiger partial charge < -0.3 is 4.74 Å². The molecule has 1 heterocycles. The molecule has 1 saturated heterocycles. The van der Waals surface area contributed by atoms with Gasteiger partial charge in [0.1, 0.15) is 5.75 Å². The Bertz CT molecular complexity index is 793. The molecule has 0 N–H and O–H groups in total. The van der Waals surface area contributed by atoms with Crippen molar-refractivity contribution in [2.75, 3.05) is 12.0 Å². The monoisotopic (exact) mass is 349 g/mol. The molecule has 3 aliphatic carbocycles. The highest BCUT2D eigenvalue weighted by Crippen LogP contribution is 2.58. The quantitative estimate of drug-likeness (QED) is 0.601. The van der Waals surface area contributed by atoms with Gasteiger partial charge in [0.05, 0.1) is 24.6 Å². The predicted molar refractivity (Wildman–Crippen MR) is 98.7 cm³/mol. The van der Waals surface area contributed by atoms with Crippen LogP contribution in [0.3, 0.4) is 0 Å². The smallest absolute Gasteiger partial charge is 0.238 e. The number of hydrogen-bond acceptors (Lipinski definition) is 3. The highest BCUT2D eigenvalue weighted by molar-refractivity contribution is 6.23. The van der Waals surface area contributed by atoms with Crippen molar-refractivity contribution in [3.63, 3.8) is 0 Å². The third kappa shape index (κ3) is 2.08. The number of imide groups is 1. The van der Waals surface area contributed by atoms with Crippen molar-refractivity contribution in [2.45, 2.75) is 32.1 Å². The summed E-state index contributed by atoms with van der Waals surface area (Å²) < 4.78 is 5.18. The van der Waals surface area contributed by atoms with Crippen molar-refractivity contribution in [1.29, 1.82) is 0 Å². The van der Waals surface area contributed by atoms with Gasteiger partial charge in [0.2, 0.25) is 11.8 Å². The van der Waals surface area contributed by atoms with Gasteiger partial charge in [0, 0.05) is 11.8 Å². The molecule has 2 amide bonds. The highest BCUT2D eigenvalue weighted by Gasteiger charge is 2.62. The summed E-state index contributed by atoms with van der Waals surface area (Å²) in [5.41, 5.74) is 3.60. The van der Waals surface area contributed by atoms with Gasteiger partial charge in [-0.2, -0.15) is 0 Å². The van der Waals surface area contributed by atoms with Gasteiger partial charge in [-0.1, -0.05) is 29.7 Å². The molecule has 1 aliphatic heterocycles. The Kier molecular flexibility index (Phi) is 3.56. The van der Waals surface area contributed by atoms with Gasteiger partial charge >= 0.3 is 0 Å². The first-order valence-corrected chi connectivity index (χ1v) is 9.62. The number of carbonyl (C=O) groups excluding carboxylic acids is 2. The van der Waals surface area contributed by atoms with E-state index in [1.54, 1.807) is 31.4 Å². The van der Waals surface area contributed by atoms with E-state index in [2.05, 4.69) is 12.2 Å². The second kappa shape index (κ2) is 5.83. The molecule has 0 unspecified atom stereocenters. The van der Waals surface area contributed by atoms with Crippen molar-refractivity contribution in [3.05, 3.63) is 47.6 Å². The fourth-order valence-corrected chi connectivity index (χ4v) is 5.49. The van der Waals surface area contributed by atoms with Crippen molar-refractivity contribution in [2.24, 2.45) is 23.7 Å².